The normalized spacial score (nSPS) is 13.6. The van der Waals surface area contributed by atoms with Crippen molar-refractivity contribution in [3.63, 3.8) is 0 Å². The maximum atomic E-state index is 13.6. The number of fused-ring (bicyclic) bond motifs is 1. The van der Waals surface area contributed by atoms with Crippen molar-refractivity contribution < 1.29 is 9.50 Å². The second kappa shape index (κ2) is 5.35. The lowest BCUT2D eigenvalue weighted by Crippen LogP contribution is -1.93. The van der Waals surface area contributed by atoms with Crippen LogP contribution in [0.1, 0.15) is 23.1 Å². The minimum atomic E-state index is -0.339. The zero-order valence-electron chi connectivity index (χ0n) is 10.5. The fraction of sp³-hybridized carbons (Fsp3) is 0.250. The van der Waals surface area contributed by atoms with Crippen molar-refractivity contribution in [3.05, 3.63) is 58.9 Å². The molecule has 0 bridgehead atoms. The Hall–Kier alpha value is -1.32. The van der Waals surface area contributed by atoms with Crippen LogP contribution in [0, 0.1) is 5.82 Å². The summed E-state index contributed by atoms with van der Waals surface area (Å²) in [6.07, 6.45) is 3.53. The van der Waals surface area contributed by atoms with E-state index in [0.29, 0.717) is 5.56 Å². The number of benzene rings is 2. The van der Waals surface area contributed by atoms with E-state index in [9.17, 15) is 9.50 Å². The van der Waals surface area contributed by atoms with E-state index in [4.69, 9.17) is 0 Å². The molecule has 19 heavy (non-hydrogen) atoms. The van der Waals surface area contributed by atoms with E-state index in [1.54, 1.807) is 6.07 Å². The largest absolute Gasteiger partial charge is 0.392 e. The van der Waals surface area contributed by atoms with Crippen molar-refractivity contribution in [1.29, 1.82) is 0 Å². The van der Waals surface area contributed by atoms with Crippen molar-refractivity contribution in [1.82, 2.24) is 0 Å². The molecule has 0 aromatic heterocycles. The van der Waals surface area contributed by atoms with Gasteiger partial charge in [-0.25, -0.2) is 4.39 Å². The summed E-state index contributed by atoms with van der Waals surface area (Å²) in [6.45, 7) is -0.264. The summed E-state index contributed by atoms with van der Waals surface area (Å²) < 4.78 is 13.6. The van der Waals surface area contributed by atoms with Gasteiger partial charge in [-0.1, -0.05) is 23.9 Å². The van der Waals surface area contributed by atoms with Gasteiger partial charge in [0.25, 0.3) is 0 Å². The number of aliphatic hydroxyl groups is 1. The lowest BCUT2D eigenvalue weighted by molar-refractivity contribution is 0.272. The molecule has 0 atom stereocenters. The molecule has 0 aliphatic heterocycles. The van der Waals surface area contributed by atoms with Crippen LogP contribution in [0.25, 0.3) is 0 Å². The molecule has 2 aromatic rings. The molecule has 1 aliphatic rings. The van der Waals surface area contributed by atoms with E-state index in [-0.39, 0.29) is 12.4 Å². The molecule has 0 amide bonds. The van der Waals surface area contributed by atoms with E-state index in [2.05, 4.69) is 18.2 Å². The molecule has 0 saturated heterocycles. The molecule has 1 nitrogen and oxygen atoms in total. The summed E-state index contributed by atoms with van der Waals surface area (Å²) in [7, 11) is 0. The van der Waals surface area contributed by atoms with Gasteiger partial charge >= 0.3 is 0 Å². The Balaban J connectivity index is 1.91. The molecule has 0 spiro atoms. The summed E-state index contributed by atoms with van der Waals surface area (Å²) in [5.74, 6) is -0.339. The predicted octanol–water partition coefficient (Wildman–Crippen LogP) is 3.96. The minimum Gasteiger partial charge on any atom is -0.392 e. The highest BCUT2D eigenvalue weighted by molar-refractivity contribution is 7.99. The summed E-state index contributed by atoms with van der Waals surface area (Å²) in [5.41, 5.74) is 3.23. The van der Waals surface area contributed by atoms with E-state index in [0.717, 1.165) is 16.2 Å². The van der Waals surface area contributed by atoms with E-state index in [1.807, 2.05) is 6.07 Å². The first kappa shape index (κ1) is 12.7. The average Bonchev–Trinajstić information content (AvgIpc) is 2.86. The third-order valence-corrected chi connectivity index (χ3v) is 4.62. The van der Waals surface area contributed by atoms with Gasteiger partial charge in [-0.3, -0.25) is 0 Å². The molecule has 0 saturated carbocycles. The molecule has 0 fully saturated rings. The number of hydrogen-bond donors (Lipinski definition) is 1. The molecule has 3 rings (SSSR count). The van der Waals surface area contributed by atoms with Crippen molar-refractivity contribution in [2.24, 2.45) is 0 Å². The molecule has 2 aromatic carbocycles. The van der Waals surface area contributed by atoms with Crippen LogP contribution in [-0.2, 0) is 19.4 Å². The lowest BCUT2D eigenvalue weighted by atomic mass is 10.1. The molecule has 1 N–H and O–H groups in total. The number of aliphatic hydroxyl groups excluding tert-OH is 1. The predicted molar refractivity (Wildman–Crippen MR) is 74.9 cm³/mol. The molecule has 0 radical (unpaired) electrons. The fourth-order valence-electron chi connectivity index (χ4n) is 2.53. The Morgan fingerprint density at radius 2 is 1.95 bits per heavy atom. The van der Waals surface area contributed by atoms with Gasteiger partial charge in [0.2, 0.25) is 0 Å². The van der Waals surface area contributed by atoms with E-state index < -0.39 is 0 Å². The van der Waals surface area contributed by atoms with Gasteiger partial charge in [0.05, 0.1) is 6.61 Å². The van der Waals surface area contributed by atoms with Crippen LogP contribution >= 0.6 is 11.8 Å². The molecular weight excluding hydrogens is 259 g/mol. The smallest absolute Gasteiger partial charge is 0.129 e. The molecule has 0 unspecified atom stereocenters. The van der Waals surface area contributed by atoms with Crippen LogP contribution in [0.2, 0.25) is 0 Å². The van der Waals surface area contributed by atoms with Gasteiger partial charge in [0.15, 0.2) is 0 Å². The Labute approximate surface area is 116 Å². The first-order chi connectivity index (χ1) is 9.28. The highest BCUT2D eigenvalue weighted by Crippen LogP contribution is 2.34. The van der Waals surface area contributed by atoms with Crippen LogP contribution in [0.5, 0.6) is 0 Å². The van der Waals surface area contributed by atoms with Gasteiger partial charge < -0.3 is 5.11 Å². The summed E-state index contributed by atoms with van der Waals surface area (Å²) in [4.78, 5) is 1.90. The Bertz CT molecular complexity index is 610. The van der Waals surface area contributed by atoms with Gasteiger partial charge in [0.1, 0.15) is 5.82 Å². The molecule has 1 aliphatic carbocycles. The quantitative estimate of drug-likeness (QED) is 0.914. The topological polar surface area (TPSA) is 20.2 Å². The van der Waals surface area contributed by atoms with Crippen LogP contribution in [0.3, 0.4) is 0 Å². The molecule has 0 heterocycles. The van der Waals surface area contributed by atoms with Crippen molar-refractivity contribution in [2.45, 2.75) is 35.7 Å². The highest BCUT2D eigenvalue weighted by atomic mass is 32.2. The molecular formula is C16H15FOS. The summed E-state index contributed by atoms with van der Waals surface area (Å²) >= 11 is 1.52. The number of hydrogen-bond acceptors (Lipinski definition) is 2. The lowest BCUT2D eigenvalue weighted by Gasteiger charge is -2.09. The van der Waals surface area contributed by atoms with Crippen molar-refractivity contribution in [2.75, 3.05) is 0 Å². The van der Waals surface area contributed by atoms with E-state index >= 15 is 0 Å². The monoisotopic (exact) mass is 274 g/mol. The molecule has 3 heteroatoms. The first-order valence-electron chi connectivity index (χ1n) is 6.46. The maximum Gasteiger partial charge on any atom is 0.129 e. The number of rotatable bonds is 3. The number of aryl methyl sites for hydroxylation is 2. The van der Waals surface area contributed by atoms with Crippen LogP contribution < -0.4 is 0 Å². The maximum absolute atomic E-state index is 13.6. The number of halogens is 1. The standard InChI is InChI=1S/C16H15FOS/c17-15-5-2-6-16(14(15)10-18)19-13-8-7-11-3-1-4-12(11)9-13/h2,5-9,18H,1,3-4,10H2. The van der Waals surface area contributed by atoms with Gasteiger partial charge in [0, 0.05) is 15.4 Å². The second-order valence-electron chi connectivity index (χ2n) is 4.76. The Kier molecular flexibility index (Phi) is 3.58. The van der Waals surface area contributed by atoms with Crippen LogP contribution in [0.4, 0.5) is 4.39 Å². The third-order valence-electron chi connectivity index (χ3n) is 3.53. The molecule has 98 valence electrons. The van der Waals surface area contributed by atoms with Crippen molar-refractivity contribution >= 4 is 11.8 Å². The summed E-state index contributed by atoms with van der Waals surface area (Å²) in [5, 5.41) is 9.28. The Morgan fingerprint density at radius 1 is 1.11 bits per heavy atom. The van der Waals surface area contributed by atoms with Gasteiger partial charge in [-0.2, -0.15) is 0 Å². The SMILES string of the molecule is OCc1c(F)cccc1Sc1ccc2c(c1)CCC2. The zero-order valence-corrected chi connectivity index (χ0v) is 11.3. The third kappa shape index (κ3) is 2.53. The van der Waals surface area contributed by atoms with E-state index in [1.165, 1.54) is 41.8 Å². The van der Waals surface area contributed by atoms with Gasteiger partial charge in [-0.15, -0.1) is 0 Å². The zero-order chi connectivity index (χ0) is 13.2. The van der Waals surface area contributed by atoms with Crippen LogP contribution in [0.15, 0.2) is 46.2 Å². The average molecular weight is 274 g/mol. The van der Waals surface area contributed by atoms with Gasteiger partial charge in [-0.05, 0) is 54.7 Å². The Morgan fingerprint density at radius 3 is 2.79 bits per heavy atom. The minimum absolute atomic E-state index is 0.264. The fourth-order valence-corrected chi connectivity index (χ4v) is 3.55. The van der Waals surface area contributed by atoms with Crippen LogP contribution in [-0.4, -0.2) is 5.11 Å². The van der Waals surface area contributed by atoms with Crippen molar-refractivity contribution in [3.8, 4) is 0 Å². The summed E-state index contributed by atoms with van der Waals surface area (Å²) in [6, 6.07) is 11.4. The second-order valence-corrected chi connectivity index (χ2v) is 5.88. The highest BCUT2D eigenvalue weighted by Gasteiger charge is 2.13. The first-order valence-corrected chi connectivity index (χ1v) is 7.27.